The molecule has 4 aromatic rings. The second-order valence-electron chi connectivity index (χ2n) is 7.42. The maximum atomic E-state index is 13.2. The second-order valence-corrected chi connectivity index (χ2v) is 7.42. The molecule has 33 heavy (non-hydrogen) atoms. The topological polar surface area (TPSA) is 45.5 Å². The van der Waals surface area contributed by atoms with E-state index in [0.717, 1.165) is 17.7 Å². The first-order chi connectivity index (χ1) is 15.9. The number of aromatic nitrogens is 2. The van der Waals surface area contributed by atoms with Crippen molar-refractivity contribution < 1.29 is 27.4 Å². The number of hydrogen-bond donors (Lipinski definition) is 0. The van der Waals surface area contributed by atoms with Gasteiger partial charge in [0.05, 0.1) is 30.8 Å². The summed E-state index contributed by atoms with van der Waals surface area (Å²) in [6.07, 6.45) is -3.82. The summed E-state index contributed by atoms with van der Waals surface area (Å²) in [6.45, 7) is 0.636. The van der Waals surface area contributed by atoms with Crippen molar-refractivity contribution in [2.45, 2.75) is 25.7 Å². The monoisotopic (exact) mass is 456 g/mol. The number of nitrogens with zero attached hydrogens (tertiary/aromatic N) is 2. The van der Waals surface area contributed by atoms with Crippen molar-refractivity contribution in [2.24, 2.45) is 0 Å². The molecule has 0 aliphatic heterocycles. The van der Waals surface area contributed by atoms with Gasteiger partial charge in [0.25, 0.3) is 0 Å². The Morgan fingerprint density at radius 1 is 0.879 bits per heavy atom. The van der Waals surface area contributed by atoms with Crippen LogP contribution in [0.2, 0.25) is 0 Å². The summed E-state index contributed by atoms with van der Waals surface area (Å²) in [5.74, 6) is 2.46. The van der Waals surface area contributed by atoms with E-state index in [1.807, 2.05) is 53.1 Å². The molecule has 0 N–H and O–H groups in total. The third-order valence-electron chi connectivity index (χ3n) is 5.34. The maximum absolute atomic E-state index is 13.2. The molecule has 0 saturated heterocycles. The molecule has 0 atom stereocenters. The van der Waals surface area contributed by atoms with E-state index < -0.39 is 11.7 Å². The van der Waals surface area contributed by atoms with Crippen LogP contribution in [0.1, 0.15) is 17.0 Å². The minimum absolute atomic E-state index is 0.131. The molecule has 0 aliphatic carbocycles. The number of benzene rings is 3. The number of rotatable bonds is 8. The summed E-state index contributed by atoms with van der Waals surface area (Å²) in [5.41, 5.74) is 1.17. The van der Waals surface area contributed by atoms with Gasteiger partial charge in [-0.25, -0.2) is 4.98 Å². The fourth-order valence-corrected chi connectivity index (χ4v) is 3.66. The first-order valence-electron chi connectivity index (χ1n) is 10.3. The van der Waals surface area contributed by atoms with E-state index >= 15 is 0 Å². The average Bonchev–Trinajstić information content (AvgIpc) is 3.18. The van der Waals surface area contributed by atoms with E-state index in [4.69, 9.17) is 14.2 Å². The lowest BCUT2D eigenvalue weighted by Gasteiger charge is -2.13. The lowest BCUT2D eigenvalue weighted by atomic mass is 10.1. The van der Waals surface area contributed by atoms with Crippen molar-refractivity contribution in [1.29, 1.82) is 0 Å². The van der Waals surface area contributed by atoms with Crippen molar-refractivity contribution in [3.05, 3.63) is 83.7 Å². The van der Waals surface area contributed by atoms with Crippen LogP contribution in [0.4, 0.5) is 13.2 Å². The van der Waals surface area contributed by atoms with Crippen LogP contribution in [0, 0.1) is 0 Å². The smallest absolute Gasteiger partial charge is 0.416 e. The molecule has 1 aromatic heterocycles. The molecule has 172 valence electrons. The van der Waals surface area contributed by atoms with Gasteiger partial charge >= 0.3 is 6.18 Å². The van der Waals surface area contributed by atoms with Crippen LogP contribution in [-0.4, -0.2) is 23.8 Å². The Balaban J connectivity index is 1.65. The van der Waals surface area contributed by atoms with Crippen LogP contribution >= 0.6 is 0 Å². The summed E-state index contributed by atoms with van der Waals surface area (Å²) >= 11 is 0. The normalized spacial score (nSPS) is 11.5. The van der Waals surface area contributed by atoms with Crippen molar-refractivity contribution in [1.82, 2.24) is 9.55 Å². The van der Waals surface area contributed by atoms with Crippen LogP contribution in [0.3, 0.4) is 0 Å². The summed E-state index contributed by atoms with van der Waals surface area (Å²) in [7, 11) is 3.14. The number of imidazole rings is 1. The quantitative estimate of drug-likeness (QED) is 0.332. The van der Waals surface area contributed by atoms with Crippen LogP contribution in [-0.2, 0) is 25.7 Å². The molecule has 0 radical (unpaired) electrons. The lowest BCUT2D eigenvalue weighted by molar-refractivity contribution is -0.137. The third-order valence-corrected chi connectivity index (χ3v) is 5.34. The molecular formula is C25H23F3N2O3. The first-order valence-corrected chi connectivity index (χ1v) is 10.3. The molecule has 0 bridgehead atoms. The average molecular weight is 456 g/mol. The lowest BCUT2D eigenvalue weighted by Crippen LogP contribution is -2.09. The maximum Gasteiger partial charge on any atom is 0.416 e. The molecule has 0 spiro atoms. The van der Waals surface area contributed by atoms with Gasteiger partial charge in [-0.05, 0) is 54.4 Å². The van der Waals surface area contributed by atoms with Gasteiger partial charge in [0, 0.05) is 6.54 Å². The van der Waals surface area contributed by atoms with Crippen molar-refractivity contribution in [3.63, 3.8) is 0 Å². The number of methoxy groups -OCH3 is 2. The summed E-state index contributed by atoms with van der Waals surface area (Å²) < 4.78 is 58.0. The van der Waals surface area contributed by atoms with Gasteiger partial charge in [0.15, 0.2) is 11.5 Å². The highest BCUT2D eigenvalue weighted by molar-refractivity contribution is 5.77. The van der Waals surface area contributed by atoms with Crippen LogP contribution < -0.4 is 14.2 Å². The van der Waals surface area contributed by atoms with Gasteiger partial charge < -0.3 is 18.8 Å². The number of para-hydroxylation sites is 1. The highest BCUT2D eigenvalue weighted by Gasteiger charge is 2.31. The molecule has 0 fully saturated rings. The van der Waals surface area contributed by atoms with E-state index in [1.165, 1.54) is 6.07 Å². The van der Waals surface area contributed by atoms with Gasteiger partial charge in [0.2, 0.25) is 0 Å². The Hall–Kier alpha value is -3.68. The zero-order valence-electron chi connectivity index (χ0n) is 18.2. The summed E-state index contributed by atoms with van der Waals surface area (Å²) in [4.78, 5) is 4.47. The van der Waals surface area contributed by atoms with Crippen LogP contribution in [0.25, 0.3) is 11.0 Å². The molecule has 4 rings (SSSR count). The molecule has 0 saturated carbocycles. The SMILES string of the molecule is COc1ccc(CCn2c(COc3ccccc3)nc3cc(C(F)(F)F)ccc32)cc1OC. The van der Waals surface area contributed by atoms with E-state index in [2.05, 4.69) is 4.98 Å². The van der Waals surface area contributed by atoms with Gasteiger partial charge in [0.1, 0.15) is 18.2 Å². The largest absolute Gasteiger partial charge is 0.493 e. The van der Waals surface area contributed by atoms with E-state index in [-0.39, 0.29) is 12.1 Å². The zero-order chi connectivity index (χ0) is 23.4. The molecule has 8 heteroatoms. The second kappa shape index (κ2) is 9.44. The number of fused-ring (bicyclic) bond motifs is 1. The van der Waals surface area contributed by atoms with Gasteiger partial charge in [-0.2, -0.15) is 13.2 Å². The van der Waals surface area contributed by atoms with Crippen LogP contribution in [0.5, 0.6) is 17.2 Å². The summed E-state index contributed by atoms with van der Waals surface area (Å²) in [6, 6.07) is 18.5. The Bertz CT molecular complexity index is 1240. The molecule has 5 nitrogen and oxygen atoms in total. The number of hydrogen-bond acceptors (Lipinski definition) is 4. The van der Waals surface area contributed by atoms with Crippen molar-refractivity contribution >= 4 is 11.0 Å². The number of alkyl halides is 3. The molecule has 0 aliphatic rings. The molecule has 0 unspecified atom stereocenters. The highest BCUT2D eigenvalue weighted by atomic mass is 19.4. The predicted molar refractivity (Wildman–Crippen MR) is 119 cm³/mol. The standard InChI is InChI=1S/C25H23F3N2O3/c1-31-22-11-8-17(14-23(22)32-2)12-13-30-21-10-9-18(25(26,27)28)15-20(21)29-24(30)16-33-19-6-4-3-5-7-19/h3-11,14-15H,12-13,16H2,1-2H3. The molecule has 1 heterocycles. The van der Waals surface area contributed by atoms with Crippen molar-refractivity contribution in [2.75, 3.05) is 14.2 Å². The van der Waals surface area contributed by atoms with Crippen molar-refractivity contribution in [3.8, 4) is 17.2 Å². The van der Waals surface area contributed by atoms with E-state index in [0.29, 0.717) is 41.6 Å². The van der Waals surface area contributed by atoms with Gasteiger partial charge in [-0.3, -0.25) is 0 Å². The minimum Gasteiger partial charge on any atom is -0.493 e. The Kier molecular flexibility index (Phi) is 6.44. The van der Waals surface area contributed by atoms with E-state index in [1.54, 1.807) is 14.2 Å². The fraction of sp³-hybridized carbons (Fsp3) is 0.240. The first kappa shape index (κ1) is 22.5. The van der Waals surface area contributed by atoms with Gasteiger partial charge in [-0.15, -0.1) is 0 Å². The van der Waals surface area contributed by atoms with Crippen LogP contribution in [0.15, 0.2) is 66.7 Å². The number of aryl methyl sites for hydroxylation is 2. The molecule has 3 aromatic carbocycles. The Morgan fingerprint density at radius 3 is 2.33 bits per heavy atom. The molecule has 0 amide bonds. The third kappa shape index (κ3) is 5.05. The summed E-state index contributed by atoms with van der Waals surface area (Å²) in [5, 5.41) is 0. The Labute approximate surface area is 189 Å². The fourth-order valence-electron chi connectivity index (χ4n) is 3.66. The van der Waals surface area contributed by atoms with Gasteiger partial charge in [-0.1, -0.05) is 24.3 Å². The van der Waals surface area contributed by atoms with E-state index in [9.17, 15) is 13.2 Å². The highest BCUT2D eigenvalue weighted by Crippen LogP contribution is 2.32. The number of halogens is 3. The Morgan fingerprint density at radius 2 is 1.64 bits per heavy atom. The zero-order valence-corrected chi connectivity index (χ0v) is 18.2. The molecular weight excluding hydrogens is 433 g/mol. The predicted octanol–water partition coefficient (Wildman–Crippen LogP) is 5.89. The number of ether oxygens (including phenoxy) is 3. The minimum atomic E-state index is -4.43.